The van der Waals surface area contributed by atoms with E-state index in [9.17, 15) is 14.9 Å². The summed E-state index contributed by atoms with van der Waals surface area (Å²) in [6.45, 7) is 1.61. The van der Waals surface area contributed by atoms with Crippen LogP contribution in [0, 0.1) is 16.0 Å². The van der Waals surface area contributed by atoms with Crippen molar-refractivity contribution in [1.29, 1.82) is 0 Å². The highest BCUT2D eigenvalue weighted by Crippen LogP contribution is 2.44. The number of nitro groups is 1. The standard InChI is InChI=1S/C9H11NO5/c1-9-4-3-5(15-9)6(8(11)14-2)7(9)10(12)13/h3-7H,1-2H3/t5-,6-,7+,9+/m0/s1. The lowest BCUT2D eigenvalue weighted by Gasteiger charge is -2.21. The Labute approximate surface area is 86.0 Å². The molecule has 1 fully saturated rings. The van der Waals surface area contributed by atoms with E-state index in [1.165, 1.54) is 7.11 Å². The Hall–Kier alpha value is -1.43. The molecule has 2 rings (SSSR count). The van der Waals surface area contributed by atoms with Crippen LogP contribution in [0.4, 0.5) is 0 Å². The van der Waals surface area contributed by atoms with Crippen LogP contribution in [0.5, 0.6) is 0 Å². The maximum absolute atomic E-state index is 11.4. The molecule has 2 bridgehead atoms. The first-order chi connectivity index (χ1) is 6.99. The van der Waals surface area contributed by atoms with Gasteiger partial charge in [0.2, 0.25) is 0 Å². The summed E-state index contributed by atoms with van der Waals surface area (Å²) in [5, 5.41) is 10.9. The number of carbonyl (C=O) groups is 1. The minimum atomic E-state index is -1.06. The Morgan fingerprint density at radius 1 is 1.67 bits per heavy atom. The number of rotatable bonds is 2. The van der Waals surface area contributed by atoms with Crippen LogP contribution in [0.1, 0.15) is 6.92 Å². The van der Waals surface area contributed by atoms with E-state index in [4.69, 9.17) is 4.74 Å². The summed E-state index contributed by atoms with van der Waals surface area (Å²) < 4.78 is 9.97. The molecule has 6 heteroatoms. The van der Waals surface area contributed by atoms with Crippen LogP contribution in [0.15, 0.2) is 12.2 Å². The van der Waals surface area contributed by atoms with Crippen LogP contribution in [0.3, 0.4) is 0 Å². The van der Waals surface area contributed by atoms with E-state index in [1.807, 2.05) is 0 Å². The molecule has 0 N–H and O–H groups in total. The van der Waals surface area contributed by atoms with Crippen molar-refractivity contribution in [2.75, 3.05) is 7.11 Å². The van der Waals surface area contributed by atoms with Crippen molar-refractivity contribution < 1.29 is 19.2 Å². The highest BCUT2D eigenvalue weighted by molar-refractivity contribution is 5.75. The van der Waals surface area contributed by atoms with Crippen molar-refractivity contribution in [3.05, 3.63) is 22.3 Å². The van der Waals surface area contributed by atoms with E-state index in [0.717, 1.165) is 0 Å². The fraction of sp³-hybridized carbons (Fsp3) is 0.667. The molecule has 0 unspecified atom stereocenters. The van der Waals surface area contributed by atoms with Crippen LogP contribution < -0.4 is 0 Å². The minimum Gasteiger partial charge on any atom is -0.469 e. The van der Waals surface area contributed by atoms with Gasteiger partial charge < -0.3 is 9.47 Å². The molecule has 0 aromatic carbocycles. The third-order valence-electron chi connectivity index (χ3n) is 2.99. The quantitative estimate of drug-likeness (QED) is 0.282. The van der Waals surface area contributed by atoms with Crippen molar-refractivity contribution in [2.45, 2.75) is 24.7 Å². The van der Waals surface area contributed by atoms with Gasteiger partial charge in [0, 0.05) is 4.92 Å². The molecular formula is C9H11NO5. The number of hydrogen-bond acceptors (Lipinski definition) is 5. The lowest BCUT2D eigenvalue weighted by Crippen LogP contribution is -2.47. The highest BCUT2D eigenvalue weighted by Gasteiger charge is 2.64. The molecule has 6 nitrogen and oxygen atoms in total. The highest BCUT2D eigenvalue weighted by atomic mass is 16.6. The number of methoxy groups -OCH3 is 1. The zero-order valence-corrected chi connectivity index (χ0v) is 8.38. The van der Waals surface area contributed by atoms with Gasteiger partial charge in [0.1, 0.15) is 0 Å². The number of fused-ring (bicyclic) bond motifs is 2. The predicted octanol–water partition coefficient (Wildman–Crippen LogP) is 0.148. The van der Waals surface area contributed by atoms with E-state index in [2.05, 4.69) is 4.74 Å². The molecule has 0 aromatic rings. The molecule has 2 aliphatic rings. The van der Waals surface area contributed by atoms with Crippen molar-refractivity contribution in [3.63, 3.8) is 0 Å². The number of esters is 1. The van der Waals surface area contributed by atoms with Gasteiger partial charge >= 0.3 is 5.97 Å². The summed E-state index contributed by atoms with van der Waals surface area (Å²) in [5.41, 5.74) is -0.979. The van der Waals surface area contributed by atoms with Gasteiger partial charge in [-0.05, 0) is 13.0 Å². The SMILES string of the molecule is COC(=O)[C@H]1[C@@H]2C=C[C@@](C)(O2)[C@@H]1[N+](=O)[O-]. The van der Waals surface area contributed by atoms with Gasteiger partial charge in [-0.15, -0.1) is 0 Å². The molecule has 15 heavy (non-hydrogen) atoms. The molecule has 0 amide bonds. The molecular weight excluding hydrogens is 202 g/mol. The predicted molar refractivity (Wildman–Crippen MR) is 48.7 cm³/mol. The average Bonchev–Trinajstić information content (AvgIpc) is 2.68. The Bertz CT molecular complexity index is 352. The van der Waals surface area contributed by atoms with Crippen LogP contribution in [-0.2, 0) is 14.3 Å². The third kappa shape index (κ3) is 1.25. The first kappa shape index (κ1) is 10.1. The molecule has 0 radical (unpaired) electrons. The first-order valence-corrected chi connectivity index (χ1v) is 4.58. The third-order valence-corrected chi connectivity index (χ3v) is 2.99. The minimum absolute atomic E-state index is 0.467. The summed E-state index contributed by atoms with van der Waals surface area (Å²) in [6.07, 6.45) is 2.80. The normalized spacial score (nSPS) is 41.9. The van der Waals surface area contributed by atoms with Crippen LogP contribution in [-0.4, -0.2) is 35.7 Å². The number of nitrogens with zero attached hydrogens (tertiary/aromatic N) is 1. The molecule has 0 spiro atoms. The van der Waals surface area contributed by atoms with Crippen molar-refractivity contribution in [2.24, 2.45) is 5.92 Å². The summed E-state index contributed by atoms with van der Waals surface area (Å²) >= 11 is 0. The van der Waals surface area contributed by atoms with Gasteiger partial charge in [0.15, 0.2) is 11.5 Å². The molecule has 4 atom stereocenters. The molecule has 2 heterocycles. The van der Waals surface area contributed by atoms with E-state index >= 15 is 0 Å². The number of hydrogen-bond donors (Lipinski definition) is 0. The van der Waals surface area contributed by atoms with Crippen molar-refractivity contribution >= 4 is 5.97 Å². The Balaban J connectivity index is 2.36. The smallest absolute Gasteiger partial charge is 0.318 e. The monoisotopic (exact) mass is 213 g/mol. The van der Waals surface area contributed by atoms with E-state index in [-0.39, 0.29) is 0 Å². The van der Waals surface area contributed by atoms with Gasteiger partial charge in [0.25, 0.3) is 6.04 Å². The largest absolute Gasteiger partial charge is 0.469 e. The Kier molecular flexibility index (Phi) is 2.04. The summed E-state index contributed by atoms with van der Waals surface area (Å²) in [6, 6.07) is -1.06. The number of ether oxygens (including phenoxy) is 2. The average molecular weight is 213 g/mol. The zero-order valence-electron chi connectivity index (χ0n) is 8.38. The maximum atomic E-state index is 11.4. The molecule has 2 aliphatic heterocycles. The molecule has 1 saturated heterocycles. The lowest BCUT2D eigenvalue weighted by atomic mass is 9.82. The van der Waals surface area contributed by atoms with E-state index < -0.39 is 34.6 Å². The van der Waals surface area contributed by atoms with Gasteiger partial charge in [-0.1, -0.05) is 6.08 Å². The second-order valence-corrected chi connectivity index (χ2v) is 3.90. The Morgan fingerprint density at radius 2 is 2.33 bits per heavy atom. The van der Waals surface area contributed by atoms with Crippen LogP contribution in [0.2, 0.25) is 0 Å². The van der Waals surface area contributed by atoms with E-state index in [0.29, 0.717) is 0 Å². The number of carbonyl (C=O) groups excluding carboxylic acids is 1. The summed E-state index contributed by atoms with van der Waals surface area (Å²) in [7, 11) is 1.22. The molecule has 82 valence electrons. The zero-order chi connectivity index (χ0) is 11.2. The van der Waals surface area contributed by atoms with Crippen LogP contribution >= 0.6 is 0 Å². The lowest BCUT2D eigenvalue weighted by molar-refractivity contribution is -0.538. The van der Waals surface area contributed by atoms with Gasteiger partial charge in [-0.2, -0.15) is 0 Å². The second kappa shape index (κ2) is 3.03. The Morgan fingerprint density at radius 3 is 2.87 bits per heavy atom. The van der Waals surface area contributed by atoms with Crippen LogP contribution in [0.25, 0.3) is 0 Å². The van der Waals surface area contributed by atoms with Gasteiger partial charge in [-0.25, -0.2) is 0 Å². The van der Waals surface area contributed by atoms with Crippen molar-refractivity contribution in [1.82, 2.24) is 0 Å². The fourth-order valence-electron chi connectivity index (χ4n) is 2.29. The maximum Gasteiger partial charge on any atom is 0.318 e. The summed E-state index contributed by atoms with van der Waals surface area (Å²) in [4.78, 5) is 21.9. The second-order valence-electron chi connectivity index (χ2n) is 3.90. The molecule has 0 saturated carbocycles. The summed E-state index contributed by atoms with van der Waals surface area (Å²) in [5.74, 6) is -1.42. The van der Waals surface area contributed by atoms with Crippen molar-refractivity contribution in [3.8, 4) is 0 Å². The molecule has 0 aliphatic carbocycles. The van der Waals surface area contributed by atoms with E-state index in [1.54, 1.807) is 19.1 Å². The fourth-order valence-corrected chi connectivity index (χ4v) is 2.29. The van der Waals surface area contributed by atoms with Gasteiger partial charge in [0.05, 0.1) is 13.2 Å². The first-order valence-electron chi connectivity index (χ1n) is 4.58. The van der Waals surface area contributed by atoms with Gasteiger partial charge in [-0.3, -0.25) is 14.9 Å². The topological polar surface area (TPSA) is 78.7 Å². The molecule has 0 aromatic heterocycles.